The van der Waals surface area contributed by atoms with E-state index in [1.165, 1.54) is 5.56 Å². The van der Waals surface area contributed by atoms with E-state index in [-0.39, 0.29) is 17.9 Å². The Morgan fingerprint density at radius 2 is 1.44 bits per heavy atom. The Morgan fingerprint density at radius 1 is 0.926 bits per heavy atom. The average molecular weight is 375 g/mol. The van der Waals surface area contributed by atoms with Crippen LogP contribution in [0.25, 0.3) is 0 Å². The maximum atomic E-state index is 12.3. The molecule has 0 saturated carbocycles. The van der Waals surface area contributed by atoms with Crippen LogP contribution < -0.4 is 10.6 Å². The molecule has 0 aliphatic carbocycles. The minimum absolute atomic E-state index is 0.0114. The van der Waals surface area contributed by atoms with Gasteiger partial charge in [0.15, 0.2) is 0 Å². The molecule has 2 rings (SSSR count). The molecule has 27 heavy (non-hydrogen) atoms. The van der Waals surface area contributed by atoms with Crippen LogP contribution in [0.2, 0.25) is 0 Å². The van der Waals surface area contributed by atoms with E-state index in [1.807, 2.05) is 26.0 Å². The van der Waals surface area contributed by atoms with E-state index >= 15 is 0 Å². The molecule has 1 heterocycles. The van der Waals surface area contributed by atoms with E-state index in [9.17, 15) is 9.59 Å². The van der Waals surface area contributed by atoms with Crippen LogP contribution in [0.5, 0.6) is 0 Å². The van der Waals surface area contributed by atoms with E-state index in [0.29, 0.717) is 19.0 Å². The van der Waals surface area contributed by atoms with Crippen molar-refractivity contribution < 1.29 is 9.59 Å². The highest BCUT2D eigenvalue weighted by atomic mass is 16.2. The number of nitrogens with zero attached hydrogens (tertiary/aromatic N) is 2. The first-order valence-corrected chi connectivity index (χ1v) is 10.0. The number of anilines is 1. The van der Waals surface area contributed by atoms with Crippen LogP contribution in [0.3, 0.4) is 0 Å². The molecule has 1 atom stereocenters. The lowest BCUT2D eigenvalue weighted by atomic mass is 9.99. The molecular formula is C21H34N4O2. The molecule has 1 aromatic rings. The van der Waals surface area contributed by atoms with Gasteiger partial charge >= 0.3 is 0 Å². The summed E-state index contributed by atoms with van der Waals surface area (Å²) in [5.41, 5.74) is 2.14. The van der Waals surface area contributed by atoms with Crippen LogP contribution in [0.4, 0.5) is 5.69 Å². The number of piperazine rings is 1. The molecule has 1 aromatic carbocycles. The second-order valence-electron chi connectivity index (χ2n) is 7.75. The summed E-state index contributed by atoms with van der Waals surface area (Å²) < 4.78 is 0. The summed E-state index contributed by atoms with van der Waals surface area (Å²) in [5, 5.41) is 5.90. The minimum Gasteiger partial charge on any atom is -0.353 e. The number of amides is 2. The van der Waals surface area contributed by atoms with Gasteiger partial charge < -0.3 is 10.6 Å². The molecular weight excluding hydrogens is 340 g/mol. The molecule has 0 aromatic heterocycles. The summed E-state index contributed by atoms with van der Waals surface area (Å²) in [5.74, 6) is 0.614. The number of carbonyl (C=O) groups excluding carboxylic acids is 2. The zero-order valence-electron chi connectivity index (χ0n) is 17.1. The Hall–Kier alpha value is -1.92. The summed E-state index contributed by atoms with van der Waals surface area (Å²) in [4.78, 5) is 28.4. The fourth-order valence-corrected chi connectivity index (χ4v) is 3.21. The van der Waals surface area contributed by atoms with Crippen molar-refractivity contribution in [3.63, 3.8) is 0 Å². The third-order valence-electron chi connectivity index (χ3n) is 5.02. The van der Waals surface area contributed by atoms with Crippen molar-refractivity contribution in [2.75, 3.05) is 44.6 Å². The van der Waals surface area contributed by atoms with Crippen molar-refractivity contribution in [1.82, 2.24) is 15.1 Å². The number of hydrogen-bond acceptors (Lipinski definition) is 4. The van der Waals surface area contributed by atoms with Crippen LogP contribution in [-0.2, 0) is 9.59 Å². The van der Waals surface area contributed by atoms with Gasteiger partial charge in [0.25, 0.3) is 0 Å². The predicted octanol–water partition coefficient (Wildman–Crippen LogP) is 2.28. The van der Waals surface area contributed by atoms with E-state index in [0.717, 1.165) is 38.3 Å². The normalized spacial score (nSPS) is 16.9. The van der Waals surface area contributed by atoms with E-state index in [2.05, 4.69) is 46.4 Å². The maximum Gasteiger partial charge on any atom is 0.238 e. The van der Waals surface area contributed by atoms with Crippen molar-refractivity contribution in [3.8, 4) is 0 Å². The summed E-state index contributed by atoms with van der Waals surface area (Å²) in [7, 11) is 0. The second-order valence-corrected chi connectivity index (χ2v) is 7.75. The van der Waals surface area contributed by atoms with Gasteiger partial charge in [-0.1, -0.05) is 26.0 Å². The number of rotatable bonds is 8. The lowest BCUT2D eigenvalue weighted by Gasteiger charge is -2.33. The molecule has 150 valence electrons. The Kier molecular flexibility index (Phi) is 8.25. The summed E-state index contributed by atoms with van der Waals surface area (Å²) >= 11 is 0. The van der Waals surface area contributed by atoms with Gasteiger partial charge in [0, 0.05) is 37.9 Å². The molecule has 1 saturated heterocycles. The Balaban J connectivity index is 1.72. The van der Waals surface area contributed by atoms with Gasteiger partial charge in [-0.25, -0.2) is 0 Å². The van der Waals surface area contributed by atoms with Crippen LogP contribution in [0.15, 0.2) is 24.3 Å². The summed E-state index contributed by atoms with van der Waals surface area (Å²) in [6.45, 7) is 12.4. The van der Waals surface area contributed by atoms with Gasteiger partial charge in [-0.2, -0.15) is 0 Å². The number of nitrogens with one attached hydrogen (secondary N) is 2. The first-order chi connectivity index (χ1) is 12.9. The number of hydrogen-bond donors (Lipinski definition) is 2. The minimum atomic E-state index is 0.0114. The molecule has 1 unspecified atom stereocenters. The summed E-state index contributed by atoms with van der Waals surface area (Å²) in [6, 6.07) is 8.30. The quantitative estimate of drug-likeness (QED) is 0.733. The first kappa shape index (κ1) is 21.4. The van der Waals surface area contributed by atoms with E-state index in [4.69, 9.17) is 0 Å². The van der Waals surface area contributed by atoms with Crippen LogP contribution in [0, 0.1) is 0 Å². The zero-order chi connectivity index (χ0) is 19.8. The third kappa shape index (κ3) is 7.31. The van der Waals surface area contributed by atoms with Gasteiger partial charge in [0.2, 0.25) is 11.8 Å². The van der Waals surface area contributed by atoms with E-state index < -0.39 is 0 Å². The van der Waals surface area contributed by atoms with Crippen molar-refractivity contribution >= 4 is 17.5 Å². The van der Waals surface area contributed by atoms with Crippen molar-refractivity contribution in [3.05, 3.63) is 29.8 Å². The molecule has 1 aliphatic heterocycles. The SMILES string of the molecule is CCC(C)c1ccc(NC(=O)CN2CCN(CC(=O)NC(C)C)CC2)cc1. The molecule has 0 bridgehead atoms. The van der Waals surface area contributed by atoms with Crippen LogP contribution in [0.1, 0.15) is 45.6 Å². The van der Waals surface area contributed by atoms with Gasteiger partial charge in [0.1, 0.15) is 0 Å². The van der Waals surface area contributed by atoms with Crippen molar-refractivity contribution in [2.24, 2.45) is 0 Å². The van der Waals surface area contributed by atoms with Crippen molar-refractivity contribution in [1.29, 1.82) is 0 Å². The molecule has 2 amide bonds. The Labute approximate surface area is 163 Å². The molecule has 2 N–H and O–H groups in total. The third-order valence-corrected chi connectivity index (χ3v) is 5.02. The standard InChI is InChI=1S/C21H34N4O2/c1-5-17(4)18-6-8-19(9-7-18)23-21(27)15-25-12-10-24(11-13-25)14-20(26)22-16(2)3/h6-9,16-17H,5,10-15H2,1-4H3,(H,22,26)(H,23,27). The molecule has 6 nitrogen and oxygen atoms in total. The zero-order valence-corrected chi connectivity index (χ0v) is 17.1. The topological polar surface area (TPSA) is 64.7 Å². The molecule has 1 aliphatic rings. The fourth-order valence-electron chi connectivity index (χ4n) is 3.21. The van der Waals surface area contributed by atoms with Gasteiger partial charge in [-0.15, -0.1) is 0 Å². The maximum absolute atomic E-state index is 12.3. The fraction of sp³-hybridized carbons (Fsp3) is 0.619. The highest BCUT2D eigenvalue weighted by Gasteiger charge is 2.20. The van der Waals surface area contributed by atoms with Gasteiger partial charge in [0.05, 0.1) is 13.1 Å². The smallest absolute Gasteiger partial charge is 0.238 e. The molecule has 1 fully saturated rings. The molecule has 0 spiro atoms. The lowest BCUT2D eigenvalue weighted by Crippen LogP contribution is -2.51. The molecule has 6 heteroatoms. The highest BCUT2D eigenvalue weighted by molar-refractivity contribution is 5.92. The first-order valence-electron chi connectivity index (χ1n) is 10.0. The number of benzene rings is 1. The number of carbonyl (C=O) groups is 2. The van der Waals surface area contributed by atoms with E-state index in [1.54, 1.807) is 0 Å². The highest BCUT2D eigenvalue weighted by Crippen LogP contribution is 2.20. The van der Waals surface area contributed by atoms with Crippen LogP contribution >= 0.6 is 0 Å². The summed E-state index contributed by atoms with van der Waals surface area (Å²) in [6.07, 6.45) is 1.11. The monoisotopic (exact) mass is 374 g/mol. The van der Waals surface area contributed by atoms with Crippen LogP contribution in [-0.4, -0.2) is 66.9 Å². The van der Waals surface area contributed by atoms with Gasteiger partial charge in [-0.3, -0.25) is 19.4 Å². The predicted molar refractivity (Wildman–Crippen MR) is 110 cm³/mol. The Morgan fingerprint density at radius 3 is 1.93 bits per heavy atom. The van der Waals surface area contributed by atoms with Gasteiger partial charge in [-0.05, 0) is 43.9 Å². The van der Waals surface area contributed by atoms with Crippen molar-refractivity contribution in [2.45, 2.75) is 46.1 Å². The largest absolute Gasteiger partial charge is 0.353 e. The second kappa shape index (κ2) is 10.4. The molecule has 0 radical (unpaired) electrons. The lowest BCUT2D eigenvalue weighted by molar-refractivity contribution is -0.124. The Bertz CT molecular complexity index is 607. The average Bonchev–Trinajstić information content (AvgIpc) is 2.62.